The maximum atomic E-state index is 13.2. The number of rotatable bonds is 3. The molecule has 0 saturated heterocycles. The van der Waals surface area contributed by atoms with Gasteiger partial charge in [-0.25, -0.2) is 18.6 Å². The number of pyridine rings is 1. The first kappa shape index (κ1) is 15.3. The van der Waals surface area contributed by atoms with Gasteiger partial charge in [0, 0.05) is 0 Å². The Kier molecular flexibility index (Phi) is 4.38. The van der Waals surface area contributed by atoms with Crippen molar-refractivity contribution in [2.75, 3.05) is 6.61 Å². The second-order valence-corrected chi connectivity index (χ2v) is 3.28. The van der Waals surface area contributed by atoms with Gasteiger partial charge in [0.25, 0.3) is 6.43 Å². The van der Waals surface area contributed by atoms with Crippen LogP contribution in [-0.4, -0.2) is 17.6 Å². The van der Waals surface area contributed by atoms with Crippen molar-refractivity contribution in [1.29, 1.82) is 0 Å². The van der Waals surface area contributed by atoms with E-state index in [-0.39, 0.29) is 12.7 Å². The molecule has 0 bridgehead atoms. The number of halogens is 6. The summed E-state index contributed by atoms with van der Waals surface area (Å²) in [6.45, 7) is 1.14. The summed E-state index contributed by atoms with van der Waals surface area (Å²) >= 11 is 0. The van der Waals surface area contributed by atoms with Crippen molar-refractivity contribution in [2.45, 2.75) is 19.5 Å². The highest BCUT2D eigenvalue weighted by Gasteiger charge is 2.38. The Morgan fingerprint density at radius 2 is 2.00 bits per heavy atom. The molecule has 0 unspecified atom stereocenters. The van der Waals surface area contributed by atoms with Gasteiger partial charge in [-0.3, -0.25) is 0 Å². The van der Waals surface area contributed by atoms with Gasteiger partial charge in [-0.05, 0) is 13.0 Å². The summed E-state index contributed by atoms with van der Waals surface area (Å²) in [4.78, 5) is 13.7. The van der Waals surface area contributed by atoms with Crippen LogP contribution in [0.2, 0.25) is 0 Å². The van der Waals surface area contributed by atoms with Crippen molar-refractivity contribution in [3.8, 4) is 0 Å². The van der Waals surface area contributed by atoms with Gasteiger partial charge in [0.15, 0.2) is 0 Å². The summed E-state index contributed by atoms with van der Waals surface area (Å²) in [5.41, 5.74) is -4.77. The summed E-state index contributed by atoms with van der Waals surface area (Å²) in [5.74, 6) is -3.14. The number of ether oxygens (including phenoxy) is 1. The lowest BCUT2D eigenvalue weighted by Gasteiger charge is -2.13. The van der Waals surface area contributed by atoms with Gasteiger partial charge in [0.1, 0.15) is 11.3 Å². The van der Waals surface area contributed by atoms with Crippen LogP contribution in [0.25, 0.3) is 0 Å². The normalized spacial score (nSPS) is 11.8. The van der Waals surface area contributed by atoms with Crippen LogP contribution < -0.4 is 0 Å². The maximum Gasteiger partial charge on any atom is 0.418 e. The molecular formula is C10H7F6NO2. The number of alkyl halides is 5. The number of aromatic nitrogens is 1. The fourth-order valence-corrected chi connectivity index (χ4v) is 1.25. The van der Waals surface area contributed by atoms with Crippen molar-refractivity contribution in [3.63, 3.8) is 0 Å². The molecule has 1 heterocycles. The summed E-state index contributed by atoms with van der Waals surface area (Å²) in [5, 5.41) is 0. The van der Waals surface area contributed by atoms with E-state index < -0.39 is 41.3 Å². The molecule has 0 aliphatic carbocycles. The summed E-state index contributed by atoms with van der Waals surface area (Å²) in [6.07, 6.45) is -8.81. The standard InChI is InChI=1S/C10H7F6NO2/c1-2-19-9(18)4-3-5(10(14,15)16)6(7(11)12)17-8(4)13/h3,7H,2H2,1H3. The largest absolute Gasteiger partial charge is 0.462 e. The van der Waals surface area contributed by atoms with Crippen molar-refractivity contribution in [1.82, 2.24) is 4.98 Å². The lowest BCUT2D eigenvalue weighted by Crippen LogP contribution is -2.17. The predicted octanol–water partition coefficient (Wildman–Crippen LogP) is 3.35. The number of carbonyl (C=O) groups excluding carboxylic acids is 1. The van der Waals surface area contributed by atoms with Crippen LogP contribution in [0.4, 0.5) is 26.3 Å². The van der Waals surface area contributed by atoms with E-state index in [0.717, 1.165) is 0 Å². The lowest BCUT2D eigenvalue weighted by molar-refractivity contribution is -0.140. The second kappa shape index (κ2) is 5.45. The molecule has 9 heteroatoms. The Morgan fingerprint density at radius 3 is 2.42 bits per heavy atom. The molecule has 0 fully saturated rings. The first-order valence-corrected chi connectivity index (χ1v) is 4.91. The highest BCUT2D eigenvalue weighted by atomic mass is 19.4. The zero-order valence-electron chi connectivity index (χ0n) is 9.39. The van der Waals surface area contributed by atoms with Crippen LogP contribution in [-0.2, 0) is 10.9 Å². The van der Waals surface area contributed by atoms with Gasteiger partial charge in [0.2, 0.25) is 5.95 Å². The van der Waals surface area contributed by atoms with Gasteiger partial charge in [-0.15, -0.1) is 0 Å². The molecule has 3 nitrogen and oxygen atoms in total. The molecule has 0 amide bonds. The smallest absolute Gasteiger partial charge is 0.418 e. The van der Waals surface area contributed by atoms with Gasteiger partial charge >= 0.3 is 12.1 Å². The van der Waals surface area contributed by atoms with Crippen LogP contribution in [0, 0.1) is 5.95 Å². The molecule has 0 radical (unpaired) electrons. The fraction of sp³-hybridized carbons (Fsp3) is 0.400. The Morgan fingerprint density at radius 1 is 1.42 bits per heavy atom. The van der Waals surface area contributed by atoms with E-state index >= 15 is 0 Å². The minimum atomic E-state index is -5.19. The van der Waals surface area contributed by atoms with Crippen LogP contribution in [0.1, 0.15) is 35.0 Å². The first-order chi connectivity index (χ1) is 8.68. The third kappa shape index (κ3) is 3.36. The quantitative estimate of drug-likeness (QED) is 0.486. The van der Waals surface area contributed by atoms with Gasteiger partial charge in [-0.1, -0.05) is 0 Å². The average molecular weight is 287 g/mol. The topological polar surface area (TPSA) is 39.2 Å². The Hall–Kier alpha value is -1.80. The zero-order valence-corrected chi connectivity index (χ0v) is 9.39. The Labute approximate surface area is 103 Å². The Bertz CT molecular complexity index is 486. The molecule has 0 aliphatic rings. The second-order valence-electron chi connectivity index (χ2n) is 3.28. The fourth-order valence-electron chi connectivity index (χ4n) is 1.25. The van der Waals surface area contributed by atoms with Crippen LogP contribution in [0.5, 0.6) is 0 Å². The third-order valence-electron chi connectivity index (χ3n) is 2.01. The summed E-state index contributed by atoms with van der Waals surface area (Å²) in [6, 6.07) is -0.0260. The van der Waals surface area contributed by atoms with E-state index in [1.165, 1.54) is 6.92 Å². The SMILES string of the molecule is CCOC(=O)c1cc(C(F)(F)F)c(C(F)F)nc1F. The summed E-state index contributed by atoms with van der Waals surface area (Å²) < 4.78 is 79.9. The highest BCUT2D eigenvalue weighted by molar-refractivity contribution is 5.89. The monoisotopic (exact) mass is 287 g/mol. The molecule has 0 saturated carbocycles. The molecule has 0 atom stereocenters. The minimum Gasteiger partial charge on any atom is -0.462 e. The van der Waals surface area contributed by atoms with E-state index in [2.05, 4.69) is 9.72 Å². The molecule has 106 valence electrons. The molecule has 1 rings (SSSR count). The molecule has 0 aliphatic heterocycles. The maximum absolute atomic E-state index is 13.2. The number of nitrogens with zero attached hydrogens (tertiary/aromatic N) is 1. The van der Waals surface area contributed by atoms with E-state index in [0.29, 0.717) is 0 Å². The number of hydrogen-bond donors (Lipinski definition) is 0. The van der Waals surface area contributed by atoms with Gasteiger partial charge < -0.3 is 4.74 Å². The van der Waals surface area contributed by atoms with Gasteiger partial charge in [0.05, 0.1) is 12.2 Å². The summed E-state index contributed by atoms with van der Waals surface area (Å²) in [7, 11) is 0. The van der Waals surface area contributed by atoms with Crippen molar-refractivity contribution < 1.29 is 35.9 Å². The number of carbonyl (C=O) groups is 1. The predicted molar refractivity (Wildman–Crippen MR) is 50.1 cm³/mol. The molecule has 0 N–H and O–H groups in total. The van der Waals surface area contributed by atoms with E-state index in [4.69, 9.17) is 0 Å². The molecule has 19 heavy (non-hydrogen) atoms. The van der Waals surface area contributed by atoms with Crippen LogP contribution in [0.15, 0.2) is 6.07 Å². The third-order valence-corrected chi connectivity index (χ3v) is 2.01. The highest BCUT2D eigenvalue weighted by Crippen LogP contribution is 2.36. The molecule has 0 aromatic carbocycles. The first-order valence-electron chi connectivity index (χ1n) is 4.91. The molecular weight excluding hydrogens is 280 g/mol. The molecule has 1 aromatic heterocycles. The average Bonchev–Trinajstić information content (AvgIpc) is 2.26. The number of esters is 1. The lowest BCUT2D eigenvalue weighted by atomic mass is 10.1. The molecule has 1 aromatic rings. The van der Waals surface area contributed by atoms with Crippen LogP contribution in [0.3, 0.4) is 0 Å². The van der Waals surface area contributed by atoms with E-state index in [1.54, 1.807) is 0 Å². The van der Waals surface area contributed by atoms with Crippen molar-refractivity contribution in [2.24, 2.45) is 0 Å². The van der Waals surface area contributed by atoms with E-state index in [9.17, 15) is 31.1 Å². The van der Waals surface area contributed by atoms with Crippen molar-refractivity contribution >= 4 is 5.97 Å². The van der Waals surface area contributed by atoms with Crippen LogP contribution >= 0.6 is 0 Å². The van der Waals surface area contributed by atoms with Gasteiger partial charge in [-0.2, -0.15) is 17.6 Å². The zero-order chi connectivity index (χ0) is 14.8. The Balaban J connectivity index is 3.43. The minimum absolute atomic E-state index is 0.0260. The number of hydrogen-bond acceptors (Lipinski definition) is 3. The van der Waals surface area contributed by atoms with E-state index in [1.807, 2.05) is 0 Å². The van der Waals surface area contributed by atoms with Crippen molar-refractivity contribution in [3.05, 3.63) is 28.8 Å². The molecule has 0 spiro atoms.